The van der Waals surface area contributed by atoms with E-state index in [4.69, 9.17) is 4.74 Å². The third-order valence-electron chi connectivity index (χ3n) is 6.17. The number of anilines is 1. The molecule has 0 radical (unpaired) electrons. The number of aryl methyl sites for hydroxylation is 1. The summed E-state index contributed by atoms with van der Waals surface area (Å²) in [6.07, 6.45) is 0.744. The molecular weight excluding hydrogens is 470 g/mol. The van der Waals surface area contributed by atoms with Crippen molar-refractivity contribution < 1.29 is 19.4 Å². The van der Waals surface area contributed by atoms with E-state index >= 15 is 0 Å². The average Bonchev–Trinajstić information content (AvgIpc) is 3.54. The molecule has 2 heterocycles. The lowest BCUT2D eigenvalue weighted by molar-refractivity contribution is -0.118. The zero-order chi connectivity index (χ0) is 24.9. The van der Waals surface area contributed by atoms with Gasteiger partial charge in [0.15, 0.2) is 11.5 Å². The molecule has 4 aromatic rings. The molecule has 6 heteroatoms. The minimum atomic E-state index is -0.670. The Hall–Kier alpha value is -4.16. The largest absolute Gasteiger partial charge is 0.503 e. The number of Topliss-reactive ketones (excluding diaryl/α,β-unsaturated/α-hetero) is 1. The summed E-state index contributed by atoms with van der Waals surface area (Å²) < 4.78 is 5.87. The van der Waals surface area contributed by atoms with Gasteiger partial charge < -0.3 is 9.84 Å². The Morgan fingerprint density at radius 1 is 0.861 bits per heavy atom. The van der Waals surface area contributed by atoms with Gasteiger partial charge in [-0.2, -0.15) is 0 Å². The lowest BCUT2D eigenvalue weighted by Crippen LogP contribution is -2.30. The molecule has 3 aromatic carbocycles. The lowest BCUT2D eigenvalue weighted by atomic mass is 9.97. The summed E-state index contributed by atoms with van der Waals surface area (Å²) in [5.74, 6) is -0.614. The molecule has 36 heavy (non-hydrogen) atoms. The number of thiophene rings is 1. The first-order chi connectivity index (χ1) is 17.6. The highest BCUT2D eigenvalue weighted by atomic mass is 32.1. The minimum Gasteiger partial charge on any atom is -0.503 e. The van der Waals surface area contributed by atoms with Crippen molar-refractivity contribution >= 4 is 28.7 Å². The quantitative estimate of drug-likeness (QED) is 0.291. The van der Waals surface area contributed by atoms with E-state index in [0.717, 1.165) is 16.0 Å². The third kappa shape index (κ3) is 4.95. The van der Waals surface area contributed by atoms with Crippen LogP contribution in [0.25, 0.3) is 0 Å². The van der Waals surface area contributed by atoms with Crippen LogP contribution in [-0.2, 0) is 22.6 Å². The predicted octanol–water partition coefficient (Wildman–Crippen LogP) is 6.43. The monoisotopic (exact) mass is 495 g/mol. The van der Waals surface area contributed by atoms with E-state index < -0.39 is 17.7 Å². The van der Waals surface area contributed by atoms with E-state index in [9.17, 15) is 14.7 Å². The molecule has 0 bridgehead atoms. The Balaban J connectivity index is 1.37. The zero-order valence-electron chi connectivity index (χ0n) is 19.5. The Kier molecular flexibility index (Phi) is 6.96. The van der Waals surface area contributed by atoms with Gasteiger partial charge in [-0.3, -0.25) is 14.5 Å². The first-order valence-electron chi connectivity index (χ1n) is 11.8. The van der Waals surface area contributed by atoms with Crippen LogP contribution in [0.4, 0.5) is 5.69 Å². The van der Waals surface area contributed by atoms with Crippen LogP contribution >= 0.6 is 11.3 Å². The molecule has 180 valence electrons. The van der Waals surface area contributed by atoms with Crippen molar-refractivity contribution in [2.45, 2.75) is 25.5 Å². The number of carbonyl (C=O) groups excluding carboxylic acids is 2. The van der Waals surface area contributed by atoms with E-state index in [-0.39, 0.29) is 17.8 Å². The van der Waals surface area contributed by atoms with Gasteiger partial charge in [0.1, 0.15) is 18.4 Å². The summed E-state index contributed by atoms with van der Waals surface area (Å²) in [6.45, 7) is 0.434. The summed E-state index contributed by atoms with van der Waals surface area (Å²) in [6, 6.07) is 29.8. The molecule has 1 atom stereocenters. The summed E-state index contributed by atoms with van der Waals surface area (Å²) >= 11 is 1.45. The highest BCUT2D eigenvalue weighted by molar-refractivity contribution is 7.10. The molecule has 1 unspecified atom stereocenters. The average molecular weight is 496 g/mol. The Morgan fingerprint density at radius 2 is 1.53 bits per heavy atom. The van der Waals surface area contributed by atoms with Crippen molar-refractivity contribution in [3.63, 3.8) is 0 Å². The molecule has 1 N–H and O–H groups in total. The molecule has 0 fully saturated rings. The number of amides is 1. The molecule has 1 aliphatic rings. The fraction of sp³-hybridized carbons (Fsp3) is 0.133. The van der Waals surface area contributed by atoms with Crippen LogP contribution in [0.3, 0.4) is 0 Å². The minimum absolute atomic E-state index is 0.155. The SMILES string of the molecule is O=C(CCc1ccccc1)C1=C(O)C(=O)N(c2ccc(OCc3ccccc3)cc2)C1c1cccs1. The summed E-state index contributed by atoms with van der Waals surface area (Å²) in [5, 5.41) is 12.7. The van der Waals surface area contributed by atoms with Crippen molar-refractivity contribution in [3.8, 4) is 5.75 Å². The topological polar surface area (TPSA) is 66.8 Å². The van der Waals surface area contributed by atoms with Crippen LogP contribution < -0.4 is 9.64 Å². The highest BCUT2D eigenvalue weighted by Crippen LogP contribution is 2.43. The maximum atomic E-state index is 13.3. The van der Waals surface area contributed by atoms with Gasteiger partial charge in [-0.25, -0.2) is 0 Å². The van der Waals surface area contributed by atoms with Gasteiger partial charge in [-0.15, -0.1) is 11.3 Å². The number of aliphatic hydroxyl groups is 1. The second kappa shape index (κ2) is 10.6. The van der Waals surface area contributed by atoms with Gasteiger partial charge in [-0.05, 0) is 53.3 Å². The summed E-state index contributed by atoms with van der Waals surface area (Å²) in [7, 11) is 0. The maximum Gasteiger partial charge on any atom is 0.294 e. The third-order valence-corrected chi connectivity index (χ3v) is 7.09. The van der Waals surface area contributed by atoms with Crippen LogP contribution in [0.1, 0.15) is 28.5 Å². The Labute approximate surface area is 213 Å². The molecule has 1 amide bonds. The van der Waals surface area contributed by atoms with E-state index in [1.807, 2.05) is 78.2 Å². The van der Waals surface area contributed by atoms with Crippen molar-refractivity contribution in [1.29, 1.82) is 0 Å². The molecule has 1 aliphatic heterocycles. The van der Waals surface area contributed by atoms with Crippen LogP contribution in [0, 0.1) is 0 Å². The van der Waals surface area contributed by atoms with Gasteiger partial charge in [0.05, 0.1) is 5.57 Å². The van der Waals surface area contributed by atoms with E-state index in [1.165, 1.54) is 16.2 Å². The number of ether oxygens (including phenoxy) is 1. The number of benzene rings is 3. The molecule has 0 spiro atoms. The second-order valence-corrected chi connectivity index (χ2v) is 9.51. The zero-order valence-corrected chi connectivity index (χ0v) is 20.4. The molecule has 1 aromatic heterocycles. The summed E-state index contributed by atoms with van der Waals surface area (Å²) in [5.41, 5.74) is 2.83. The molecule has 0 saturated heterocycles. The van der Waals surface area contributed by atoms with Gasteiger partial charge in [0.2, 0.25) is 0 Å². The van der Waals surface area contributed by atoms with Gasteiger partial charge >= 0.3 is 0 Å². The van der Waals surface area contributed by atoms with Gasteiger partial charge in [0, 0.05) is 17.0 Å². The fourth-order valence-corrected chi connectivity index (χ4v) is 5.18. The van der Waals surface area contributed by atoms with Gasteiger partial charge in [0.25, 0.3) is 5.91 Å². The number of hydrogen-bond donors (Lipinski definition) is 1. The first kappa shape index (κ1) is 23.6. The van der Waals surface area contributed by atoms with Crippen LogP contribution in [0.15, 0.2) is 114 Å². The number of hydrogen-bond acceptors (Lipinski definition) is 5. The smallest absolute Gasteiger partial charge is 0.294 e. The number of rotatable bonds is 9. The Bertz CT molecular complexity index is 1360. The summed E-state index contributed by atoms with van der Waals surface area (Å²) in [4.78, 5) is 28.9. The first-order valence-corrected chi connectivity index (χ1v) is 12.6. The number of carbonyl (C=O) groups is 2. The Morgan fingerprint density at radius 3 is 2.17 bits per heavy atom. The van der Waals surface area contributed by atoms with Crippen molar-refractivity contribution in [2.24, 2.45) is 0 Å². The molecule has 5 rings (SSSR count). The van der Waals surface area contributed by atoms with E-state index in [1.54, 1.807) is 24.3 Å². The predicted molar refractivity (Wildman–Crippen MR) is 141 cm³/mol. The second-order valence-electron chi connectivity index (χ2n) is 8.53. The molecular formula is C30H25NO4S. The molecule has 0 saturated carbocycles. The number of nitrogens with zero attached hydrogens (tertiary/aromatic N) is 1. The van der Waals surface area contributed by atoms with Crippen molar-refractivity contribution in [3.05, 3.63) is 130 Å². The van der Waals surface area contributed by atoms with Crippen LogP contribution in [-0.4, -0.2) is 16.8 Å². The number of aliphatic hydroxyl groups excluding tert-OH is 1. The molecule has 0 aliphatic carbocycles. The van der Waals surface area contributed by atoms with E-state index in [2.05, 4.69) is 0 Å². The van der Waals surface area contributed by atoms with E-state index in [0.29, 0.717) is 24.5 Å². The van der Waals surface area contributed by atoms with Crippen LogP contribution in [0.2, 0.25) is 0 Å². The molecule has 5 nitrogen and oxygen atoms in total. The fourth-order valence-electron chi connectivity index (χ4n) is 4.35. The maximum absolute atomic E-state index is 13.3. The van der Waals surface area contributed by atoms with Crippen molar-refractivity contribution in [2.75, 3.05) is 4.90 Å². The van der Waals surface area contributed by atoms with Gasteiger partial charge in [-0.1, -0.05) is 66.7 Å². The van der Waals surface area contributed by atoms with Crippen molar-refractivity contribution in [1.82, 2.24) is 0 Å². The normalized spacial score (nSPS) is 15.4. The lowest BCUT2D eigenvalue weighted by Gasteiger charge is -2.26. The van der Waals surface area contributed by atoms with Crippen LogP contribution in [0.5, 0.6) is 5.75 Å². The highest BCUT2D eigenvalue weighted by Gasteiger charge is 2.44. The number of ketones is 1. The standard InChI is InChI=1S/C30H25NO4S/c32-25(18-13-21-8-3-1-4-9-21)27-28(26-12-7-19-36-26)31(30(34)29(27)33)23-14-16-24(17-15-23)35-20-22-10-5-2-6-11-22/h1-12,14-17,19,28,33H,13,18,20H2.